The van der Waals surface area contributed by atoms with Crippen molar-refractivity contribution in [3.8, 4) is 0 Å². The predicted octanol–water partition coefficient (Wildman–Crippen LogP) is 3.52. The Morgan fingerprint density at radius 1 is 1.44 bits per heavy atom. The molecule has 2 rings (SSSR count). The van der Waals surface area contributed by atoms with Gasteiger partial charge in [0.05, 0.1) is 0 Å². The zero-order valence-corrected chi connectivity index (χ0v) is 11.1. The Balaban J connectivity index is 2.01. The molecular weight excluding hydrogens is 269 g/mol. The van der Waals surface area contributed by atoms with E-state index >= 15 is 0 Å². The summed E-state index contributed by atoms with van der Waals surface area (Å²) in [6, 6.07) is 5.83. The van der Waals surface area contributed by atoms with Crippen molar-refractivity contribution in [2.75, 3.05) is 7.05 Å². The quantitative estimate of drug-likeness (QED) is 0.896. The van der Waals surface area contributed by atoms with E-state index in [-0.39, 0.29) is 5.82 Å². The van der Waals surface area contributed by atoms with E-state index in [0.29, 0.717) is 12.0 Å². The van der Waals surface area contributed by atoms with Crippen molar-refractivity contribution in [3.63, 3.8) is 0 Å². The molecule has 1 fully saturated rings. The maximum absolute atomic E-state index is 13.6. The van der Waals surface area contributed by atoms with Crippen LogP contribution in [-0.2, 0) is 6.42 Å². The molecule has 0 saturated heterocycles. The van der Waals surface area contributed by atoms with Crippen LogP contribution in [0.5, 0.6) is 0 Å². The average molecular weight is 286 g/mol. The summed E-state index contributed by atoms with van der Waals surface area (Å²) >= 11 is 3.39. The fourth-order valence-electron chi connectivity index (χ4n) is 2.53. The maximum Gasteiger partial charge on any atom is 0.126 e. The van der Waals surface area contributed by atoms with Crippen LogP contribution in [0.3, 0.4) is 0 Å². The molecule has 1 N–H and O–H groups in total. The van der Waals surface area contributed by atoms with Gasteiger partial charge < -0.3 is 5.32 Å². The normalized spacial score (nSPS) is 24.9. The zero-order valence-electron chi connectivity index (χ0n) is 9.47. The Kier molecular flexibility index (Phi) is 3.98. The highest BCUT2D eigenvalue weighted by molar-refractivity contribution is 9.10. The molecule has 0 radical (unpaired) electrons. The van der Waals surface area contributed by atoms with Crippen LogP contribution in [0.1, 0.15) is 24.8 Å². The molecular formula is C13H17BrFN. The van der Waals surface area contributed by atoms with Crippen LogP contribution in [0.2, 0.25) is 0 Å². The minimum atomic E-state index is -0.0730. The summed E-state index contributed by atoms with van der Waals surface area (Å²) in [6.45, 7) is 0. The molecule has 1 nitrogen and oxygen atoms in total. The molecule has 16 heavy (non-hydrogen) atoms. The number of benzene rings is 1. The minimum Gasteiger partial charge on any atom is -0.317 e. The second-order valence-corrected chi connectivity index (χ2v) is 5.52. The Hall–Kier alpha value is -0.410. The van der Waals surface area contributed by atoms with Gasteiger partial charge >= 0.3 is 0 Å². The van der Waals surface area contributed by atoms with E-state index in [1.54, 1.807) is 12.1 Å². The number of rotatable bonds is 3. The highest BCUT2D eigenvalue weighted by atomic mass is 79.9. The van der Waals surface area contributed by atoms with Gasteiger partial charge in [-0.25, -0.2) is 4.39 Å². The van der Waals surface area contributed by atoms with Crippen LogP contribution in [0, 0.1) is 11.7 Å². The van der Waals surface area contributed by atoms with E-state index in [9.17, 15) is 4.39 Å². The summed E-state index contributed by atoms with van der Waals surface area (Å²) < 4.78 is 14.5. The molecule has 1 aliphatic carbocycles. The maximum atomic E-state index is 13.6. The summed E-state index contributed by atoms with van der Waals surface area (Å²) in [7, 11) is 2.01. The molecule has 0 aliphatic heterocycles. The molecule has 0 aromatic heterocycles. The fourth-order valence-corrected chi connectivity index (χ4v) is 2.94. The molecule has 1 saturated carbocycles. The zero-order chi connectivity index (χ0) is 11.5. The van der Waals surface area contributed by atoms with Gasteiger partial charge in [0, 0.05) is 10.5 Å². The Bertz CT molecular complexity index is 367. The molecule has 3 heteroatoms. The van der Waals surface area contributed by atoms with E-state index in [1.807, 2.05) is 13.1 Å². The van der Waals surface area contributed by atoms with Gasteiger partial charge in [0.25, 0.3) is 0 Å². The third kappa shape index (κ3) is 2.83. The lowest BCUT2D eigenvalue weighted by atomic mass is 9.97. The molecule has 2 atom stereocenters. The van der Waals surface area contributed by atoms with Gasteiger partial charge in [-0.3, -0.25) is 0 Å². The molecule has 0 spiro atoms. The Morgan fingerprint density at radius 3 is 2.94 bits per heavy atom. The van der Waals surface area contributed by atoms with Crippen LogP contribution in [0.15, 0.2) is 22.7 Å². The standard InChI is InChI=1S/C13H17BrFN/c1-16-12-4-2-9(7-12)6-10-8-11(14)3-5-13(10)15/h3,5,8-9,12,16H,2,4,6-7H2,1H3. The van der Waals surface area contributed by atoms with Crippen LogP contribution < -0.4 is 5.32 Å². The first-order valence-electron chi connectivity index (χ1n) is 5.80. The van der Waals surface area contributed by atoms with Crippen molar-refractivity contribution < 1.29 is 4.39 Å². The van der Waals surface area contributed by atoms with Crippen molar-refractivity contribution in [2.45, 2.75) is 31.7 Å². The summed E-state index contributed by atoms with van der Waals surface area (Å²) in [5.74, 6) is 0.553. The van der Waals surface area contributed by atoms with Crippen LogP contribution >= 0.6 is 15.9 Å². The van der Waals surface area contributed by atoms with E-state index < -0.39 is 0 Å². The number of hydrogen-bond acceptors (Lipinski definition) is 1. The number of hydrogen-bond donors (Lipinski definition) is 1. The highest BCUT2D eigenvalue weighted by Gasteiger charge is 2.24. The number of nitrogens with one attached hydrogen (secondary N) is 1. The molecule has 1 aromatic carbocycles. The molecule has 0 amide bonds. The summed E-state index contributed by atoms with van der Waals surface area (Å²) in [5, 5.41) is 3.30. The first-order chi connectivity index (χ1) is 7.69. The lowest BCUT2D eigenvalue weighted by Gasteiger charge is -2.11. The van der Waals surface area contributed by atoms with Gasteiger partial charge in [-0.1, -0.05) is 15.9 Å². The monoisotopic (exact) mass is 285 g/mol. The van der Waals surface area contributed by atoms with Gasteiger partial charge in [0.15, 0.2) is 0 Å². The van der Waals surface area contributed by atoms with E-state index in [0.717, 1.165) is 16.5 Å². The van der Waals surface area contributed by atoms with Crippen molar-refractivity contribution in [1.29, 1.82) is 0 Å². The molecule has 0 bridgehead atoms. The molecule has 1 aliphatic rings. The van der Waals surface area contributed by atoms with Gasteiger partial charge in [0.1, 0.15) is 5.82 Å². The highest BCUT2D eigenvalue weighted by Crippen LogP contribution is 2.30. The predicted molar refractivity (Wildman–Crippen MR) is 68.0 cm³/mol. The second kappa shape index (κ2) is 5.28. The van der Waals surface area contributed by atoms with Gasteiger partial charge in [-0.15, -0.1) is 0 Å². The van der Waals surface area contributed by atoms with Crippen LogP contribution in [-0.4, -0.2) is 13.1 Å². The fraction of sp³-hybridized carbons (Fsp3) is 0.538. The average Bonchev–Trinajstić information content (AvgIpc) is 2.71. The topological polar surface area (TPSA) is 12.0 Å². The second-order valence-electron chi connectivity index (χ2n) is 4.60. The summed E-state index contributed by atoms with van der Waals surface area (Å²) in [5.41, 5.74) is 0.844. The van der Waals surface area contributed by atoms with Crippen molar-refractivity contribution >= 4 is 15.9 Å². The molecule has 88 valence electrons. The minimum absolute atomic E-state index is 0.0730. The number of halogens is 2. The Morgan fingerprint density at radius 2 is 2.25 bits per heavy atom. The van der Waals surface area contributed by atoms with Gasteiger partial charge in [0.2, 0.25) is 0 Å². The SMILES string of the molecule is CNC1CCC(Cc2cc(Br)ccc2F)C1. The van der Waals surface area contributed by atoms with E-state index in [1.165, 1.54) is 19.3 Å². The van der Waals surface area contributed by atoms with E-state index in [4.69, 9.17) is 0 Å². The van der Waals surface area contributed by atoms with Crippen molar-refractivity contribution in [2.24, 2.45) is 5.92 Å². The smallest absolute Gasteiger partial charge is 0.126 e. The lowest BCUT2D eigenvalue weighted by molar-refractivity contribution is 0.496. The molecule has 2 unspecified atom stereocenters. The first kappa shape index (κ1) is 12.1. The largest absolute Gasteiger partial charge is 0.317 e. The third-order valence-electron chi connectivity index (χ3n) is 3.47. The Labute approximate surface area is 105 Å². The van der Waals surface area contributed by atoms with Crippen molar-refractivity contribution in [1.82, 2.24) is 5.32 Å². The summed E-state index contributed by atoms with van der Waals surface area (Å²) in [6.07, 6.45) is 4.46. The molecule has 0 heterocycles. The van der Waals surface area contributed by atoms with Gasteiger partial charge in [-0.2, -0.15) is 0 Å². The van der Waals surface area contributed by atoms with Crippen LogP contribution in [0.4, 0.5) is 4.39 Å². The van der Waals surface area contributed by atoms with E-state index in [2.05, 4.69) is 21.2 Å². The molecule has 1 aromatic rings. The van der Waals surface area contributed by atoms with Gasteiger partial charge in [-0.05, 0) is 62.4 Å². The van der Waals surface area contributed by atoms with Crippen LogP contribution in [0.25, 0.3) is 0 Å². The third-order valence-corrected chi connectivity index (χ3v) is 3.96. The van der Waals surface area contributed by atoms with Crippen molar-refractivity contribution in [3.05, 3.63) is 34.1 Å². The summed E-state index contributed by atoms with van der Waals surface area (Å²) in [4.78, 5) is 0. The first-order valence-corrected chi connectivity index (χ1v) is 6.59. The lowest BCUT2D eigenvalue weighted by Crippen LogP contribution is -2.21.